The molecule has 0 saturated heterocycles. The van der Waals surface area contributed by atoms with Crippen molar-refractivity contribution < 1.29 is 0 Å². The largest absolute Gasteiger partial charge is 0.360 e. The van der Waals surface area contributed by atoms with Crippen LogP contribution in [0.3, 0.4) is 0 Å². The van der Waals surface area contributed by atoms with Crippen LogP contribution in [-0.2, 0) is 14.1 Å². The summed E-state index contributed by atoms with van der Waals surface area (Å²) in [5, 5.41) is 7.05. The second-order valence-electron chi connectivity index (χ2n) is 4.65. The number of nitrogens with zero attached hydrogens (tertiary/aromatic N) is 4. The van der Waals surface area contributed by atoms with Gasteiger partial charge >= 0.3 is 5.69 Å². The lowest BCUT2D eigenvalue weighted by atomic mass is 10.3. The van der Waals surface area contributed by atoms with Crippen LogP contribution >= 0.6 is 0 Å². The minimum atomic E-state index is -0.424. The summed E-state index contributed by atoms with van der Waals surface area (Å²) in [6.07, 6.45) is 0. The molecule has 1 rings (SSSR count). The highest BCUT2D eigenvalue weighted by Gasteiger charge is 2.12. The first-order valence-corrected chi connectivity index (χ1v) is 6.53. The summed E-state index contributed by atoms with van der Waals surface area (Å²) in [6.45, 7) is 8.92. The Bertz CT molecular complexity index is 530. The number of aryl methyl sites for hydroxylation is 1. The van der Waals surface area contributed by atoms with E-state index in [1.54, 1.807) is 0 Å². The van der Waals surface area contributed by atoms with E-state index in [9.17, 15) is 9.59 Å². The minimum Gasteiger partial charge on any atom is -0.360 e. The molecule has 108 valence electrons. The van der Waals surface area contributed by atoms with E-state index in [-0.39, 0.29) is 11.9 Å². The van der Waals surface area contributed by atoms with Gasteiger partial charge in [0, 0.05) is 26.7 Å². The van der Waals surface area contributed by atoms with Crippen LogP contribution in [0.2, 0.25) is 0 Å². The van der Waals surface area contributed by atoms with E-state index in [4.69, 9.17) is 0 Å². The Morgan fingerprint density at radius 2 is 1.84 bits per heavy atom. The lowest BCUT2D eigenvalue weighted by molar-refractivity contribution is 0.294. The number of hydrogen-bond donors (Lipinski definition) is 1. The van der Waals surface area contributed by atoms with Crippen molar-refractivity contribution in [2.45, 2.75) is 26.8 Å². The van der Waals surface area contributed by atoms with Crippen molar-refractivity contribution in [1.29, 1.82) is 0 Å². The fourth-order valence-corrected chi connectivity index (χ4v) is 1.94. The van der Waals surface area contributed by atoms with Gasteiger partial charge in [0.15, 0.2) is 0 Å². The molecule has 1 atom stereocenters. The van der Waals surface area contributed by atoms with Crippen molar-refractivity contribution in [3.05, 3.63) is 20.8 Å². The predicted molar refractivity (Wildman–Crippen MR) is 75.6 cm³/mol. The third-order valence-electron chi connectivity index (χ3n) is 3.13. The molecule has 1 aromatic heterocycles. The van der Waals surface area contributed by atoms with E-state index >= 15 is 0 Å². The maximum atomic E-state index is 11.9. The first-order valence-electron chi connectivity index (χ1n) is 6.53. The Balaban J connectivity index is 2.89. The Morgan fingerprint density at radius 1 is 1.26 bits per heavy atom. The highest BCUT2D eigenvalue weighted by molar-refractivity contribution is 5.30. The molecule has 1 unspecified atom stereocenters. The molecule has 0 aromatic carbocycles. The number of likely N-dealkylation sites (N-methyl/N-ethyl adjacent to an activating group) is 1. The van der Waals surface area contributed by atoms with Crippen molar-refractivity contribution >= 4 is 5.82 Å². The van der Waals surface area contributed by atoms with Crippen LogP contribution in [0.15, 0.2) is 9.59 Å². The standard InChI is InChI=1S/C12H23N5O2/c1-6-17(7-2)8-9(3)13-10-11(18)15(4)12(19)16(5)14-10/h9H,6-8H2,1-5H3,(H,13,14). The maximum absolute atomic E-state index is 11.9. The second-order valence-corrected chi connectivity index (χ2v) is 4.65. The van der Waals surface area contributed by atoms with E-state index in [1.807, 2.05) is 6.92 Å². The lowest BCUT2D eigenvalue weighted by Crippen LogP contribution is -2.42. The second kappa shape index (κ2) is 6.51. The normalized spacial score (nSPS) is 12.7. The third-order valence-corrected chi connectivity index (χ3v) is 3.13. The first-order chi connectivity index (χ1) is 8.90. The highest BCUT2D eigenvalue weighted by Crippen LogP contribution is 1.98. The van der Waals surface area contributed by atoms with E-state index in [0.717, 1.165) is 28.9 Å². The van der Waals surface area contributed by atoms with Crippen LogP contribution in [0.4, 0.5) is 5.82 Å². The summed E-state index contributed by atoms with van der Waals surface area (Å²) in [7, 11) is 2.98. The van der Waals surface area contributed by atoms with Gasteiger partial charge in [-0.15, -0.1) is 5.10 Å². The number of aromatic nitrogens is 3. The molecule has 19 heavy (non-hydrogen) atoms. The SMILES string of the molecule is CCN(CC)CC(C)Nc1nn(C)c(=O)n(C)c1=O. The summed E-state index contributed by atoms with van der Waals surface area (Å²) in [4.78, 5) is 25.7. The molecule has 0 saturated carbocycles. The molecule has 1 heterocycles. The van der Waals surface area contributed by atoms with Crippen molar-refractivity contribution in [3.8, 4) is 0 Å². The van der Waals surface area contributed by atoms with Gasteiger partial charge in [-0.1, -0.05) is 13.8 Å². The van der Waals surface area contributed by atoms with Crippen LogP contribution in [0.5, 0.6) is 0 Å². The van der Waals surface area contributed by atoms with Gasteiger partial charge in [-0.3, -0.25) is 9.36 Å². The molecule has 0 fully saturated rings. The molecule has 0 aliphatic heterocycles. The molecule has 1 N–H and O–H groups in total. The van der Waals surface area contributed by atoms with Crippen molar-refractivity contribution in [2.75, 3.05) is 25.0 Å². The predicted octanol–water partition coefficient (Wildman–Crippen LogP) is -0.379. The average Bonchev–Trinajstić information content (AvgIpc) is 2.39. The Kier molecular flexibility index (Phi) is 5.29. The van der Waals surface area contributed by atoms with Gasteiger partial charge in [0.2, 0.25) is 5.82 Å². The quantitative estimate of drug-likeness (QED) is 0.762. The minimum absolute atomic E-state index is 0.0811. The molecule has 0 radical (unpaired) electrons. The van der Waals surface area contributed by atoms with Gasteiger partial charge in [-0.2, -0.15) is 0 Å². The van der Waals surface area contributed by atoms with Gasteiger partial charge in [-0.25, -0.2) is 9.48 Å². The van der Waals surface area contributed by atoms with E-state index in [1.165, 1.54) is 14.1 Å². The smallest absolute Gasteiger partial charge is 0.346 e. The topological polar surface area (TPSA) is 72.2 Å². The molecular weight excluding hydrogens is 246 g/mol. The fourth-order valence-electron chi connectivity index (χ4n) is 1.94. The number of hydrogen-bond acceptors (Lipinski definition) is 5. The lowest BCUT2D eigenvalue weighted by Gasteiger charge is -2.23. The average molecular weight is 269 g/mol. The van der Waals surface area contributed by atoms with Crippen LogP contribution in [0, 0.1) is 0 Å². The zero-order valence-electron chi connectivity index (χ0n) is 12.3. The summed E-state index contributed by atoms with van der Waals surface area (Å²) < 4.78 is 2.22. The summed E-state index contributed by atoms with van der Waals surface area (Å²) >= 11 is 0. The zero-order valence-corrected chi connectivity index (χ0v) is 12.3. The molecule has 1 aromatic rings. The van der Waals surface area contributed by atoms with Crippen molar-refractivity contribution in [1.82, 2.24) is 19.2 Å². The van der Waals surface area contributed by atoms with E-state index in [2.05, 4.69) is 29.2 Å². The maximum Gasteiger partial charge on any atom is 0.346 e. The Labute approximate surface area is 112 Å². The Morgan fingerprint density at radius 3 is 2.37 bits per heavy atom. The van der Waals surface area contributed by atoms with Gasteiger partial charge < -0.3 is 10.2 Å². The van der Waals surface area contributed by atoms with Crippen LogP contribution in [0.1, 0.15) is 20.8 Å². The molecule has 0 spiro atoms. The zero-order chi connectivity index (χ0) is 14.6. The number of nitrogens with one attached hydrogen (secondary N) is 1. The van der Waals surface area contributed by atoms with Crippen LogP contribution in [-0.4, -0.2) is 44.9 Å². The molecule has 0 aliphatic carbocycles. The van der Waals surface area contributed by atoms with Crippen molar-refractivity contribution in [2.24, 2.45) is 14.1 Å². The van der Waals surface area contributed by atoms with Crippen LogP contribution in [0.25, 0.3) is 0 Å². The number of rotatable bonds is 6. The first kappa shape index (κ1) is 15.4. The molecular formula is C12H23N5O2. The van der Waals surface area contributed by atoms with Gasteiger partial charge in [0.1, 0.15) is 0 Å². The third kappa shape index (κ3) is 3.66. The van der Waals surface area contributed by atoms with Gasteiger partial charge in [0.05, 0.1) is 0 Å². The summed E-state index contributed by atoms with van der Waals surface area (Å²) in [5.41, 5.74) is -0.818. The highest BCUT2D eigenvalue weighted by atomic mass is 16.2. The van der Waals surface area contributed by atoms with Crippen LogP contribution < -0.4 is 16.6 Å². The summed E-state index contributed by atoms with van der Waals surface area (Å²) in [5.74, 6) is 0.212. The number of anilines is 1. The van der Waals surface area contributed by atoms with Gasteiger partial charge in [0.25, 0.3) is 5.56 Å². The molecule has 0 aliphatic rings. The van der Waals surface area contributed by atoms with Crippen molar-refractivity contribution in [3.63, 3.8) is 0 Å². The fraction of sp³-hybridized carbons (Fsp3) is 0.750. The molecule has 7 heteroatoms. The summed E-state index contributed by atoms with van der Waals surface area (Å²) in [6, 6.07) is 0.0811. The molecule has 0 bridgehead atoms. The molecule has 7 nitrogen and oxygen atoms in total. The Hall–Kier alpha value is -1.63. The van der Waals surface area contributed by atoms with E-state index < -0.39 is 11.2 Å². The monoisotopic (exact) mass is 269 g/mol. The molecule has 0 amide bonds. The van der Waals surface area contributed by atoms with Gasteiger partial charge in [-0.05, 0) is 20.0 Å². The van der Waals surface area contributed by atoms with E-state index in [0.29, 0.717) is 0 Å².